The molecule has 1 aromatic heterocycles. The number of likely N-dealkylation sites (N-methyl/N-ethyl adjacent to an activating group) is 1. The van der Waals surface area contributed by atoms with E-state index < -0.39 is 17.7 Å². The molecule has 8 heteroatoms. The number of H-pyrrole nitrogens is 1. The fraction of sp³-hybridized carbons (Fsp3) is 0.621. The molecule has 1 saturated heterocycles. The molecule has 7 atom stereocenters. The maximum absolute atomic E-state index is 13.8. The van der Waals surface area contributed by atoms with Crippen molar-refractivity contribution in [3.63, 3.8) is 0 Å². The normalized spacial score (nSPS) is 38.7. The standard InChI is InChI=1S/C29H35N5O3/c1-32-24(21-14-33-22-5-3-2-4-20(21)22)27(36)37-29-11-16-6-17(12-29)10-28(9-16,15-29)25(31)26(35)34-19(13-30)7-18-8-23(18)34/h2-5,14,16-19,23-25,32-33H,6-12,15,31H2,1H3. The molecule has 194 valence electrons. The number of hydrogen-bond acceptors (Lipinski definition) is 6. The van der Waals surface area contributed by atoms with Crippen molar-refractivity contribution < 1.29 is 14.3 Å². The van der Waals surface area contributed by atoms with E-state index in [9.17, 15) is 14.9 Å². The van der Waals surface area contributed by atoms with E-state index in [1.807, 2.05) is 30.5 Å². The number of piperidine rings is 1. The van der Waals surface area contributed by atoms with E-state index >= 15 is 0 Å². The number of nitrogens with zero attached hydrogens (tertiary/aromatic N) is 2. The summed E-state index contributed by atoms with van der Waals surface area (Å²) in [6.45, 7) is 0. The van der Waals surface area contributed by atoms with Crippen LogP contribution in [0.15, 0.2) is 30.5 Å². The summed E-state index contributed by atoms with van der Waals surface area (Å²) in [5.74, 6) is 0.953. The quantitative estimate of drug-likeness (QED) is 0.523. The number of para-hydroxylation sites is 1. The van der Waals surface area contributed by atoms with Gasteiger partial charge in [0.05, 0.1) is 12.1 Å². The third-order valence-electron chi connectivity index (χ3n) is 10.3. The monoisotopic (exact) mass is 501 g/mol. The number of hydrogen-bond donors (Lipinski definition) is 3. The zero-order valence-corrected chi connectivity index (χ0v) is 21.3. The highest BCUT2D eigenvalue weighted by molar-refractivity contribution is 5.90. The van der Waals surface area contributed by atoms with Crippen molar-refractivity contribution in [2.75, 3.05) is 7.05 Å². The van der Waals surface area contributed by atoms with Gasteiger partial charge < -0.3 is 25.7 Å². The van der Waals surface area contributed by atoms with Crippen molar-refractivity contribution in [1.29, 1.82) is 5.26 Å². The Hall–Kier alpha value is -2.89. The number of aromatic nitrogens is 1. The Morgan fingerprint density at radius 1 is 1.19 bits per heavy atom. The first kappa shape index (κ1) is 23.2. The van der Waals surface area contributed by atoms with E-state index in [4.69, 9.17) is 10.5 Å². The van der Waals surface area contributed by atoms with Crippen LogP contribution in [0.3, 0.4) is 0 Å². The van der Waals surface area contributed by atoms with Crippen LogP contribution in [-0.4, -0.2) is 52.5 Å². The van der Waals surface area contributed by atoms with Crippen molar-refractivity contribution in [2.45, 2.75) is 81.1 Å². The first-order valence-electron chi connectivity index (χ1n) is 13.8. The molecule has 37 heavy (non-hydrogen) atoms. The second kappa shape index (κ2) is 8.05. The average molecular weight is 502 g/mol. The predicted octanol–water partition coefficient (Wildman–Crippen LogP) is 3.15. The van der Waals surface area contributed by atoms with Gasteiger partial charge in [-0.25, -0.2) is 4.79 Å². The Kier molecular flexibility index (Phi) is 5.06. The van der Waals surface area contributed by atoms with Crippen LogP contribution in [0.2, 0.25) is 0 Å². The molecule has 1 aromatic carbocycles. The lowest BCUT2D eigenvalue weighted by atomic mass is 9.46. The third kappa shape index (κ3) is 3.47. The largest absolute Gasteiger partial charge is 0.458 e. The van der Waals surface area contributed by atoms with Gasteiger partial charge in [0.25, 0.3) is 0 Å². The summed E-state index contributed by atoms with van der Waals surface area (Å²) in [7, 11) is 1.79. The molecule has 2 aromatic rings. The molecular formula is C29H35N5O3. The molecule has 4 N–H and O–H groups in total. The van der Waals surface area contributed by atoms with Gasteiger partial charge >= 0.3 is 5.97 Å². The molecule has 6 fully saturated rings. The van der Waals surface area contributed by atoms with E-state index in [0.717, 1.165) is 61.4 Å². The molecule has 0 radical (unpaired) electrons. The predicted molar refractivity (Wildman–Crippen MR) is 137 cm³/mol. The molecule has 8 nitrogen and oxygen atoms in total. The Labute approximate surface area is 216 Å². The lowest BCUT2D eigenvalue weighted by Gasteiger charge is -2.62. The lowest BCUT2D eigenvalue weighted by molar-refractivity contribution is -0.207. The summed E-state index contributed by atoms with van der Waals surface area (Å²) in [6.07, 6.45) is 8.92. The number of aromatic amines is 1. The first-order valence-corrected chi connectivity index (χ1v) is 13.8. The molecule has 4 bridgehead atoms. The van der Waals surface area contributed by atoms with Gasteiger partial charge in [0.2, 0.25) is 5.91 Å². The minimum absolute atomic E-state index is 0.0631. The molecule has 5 aliphatic carbocycles. The number of benzene rings is 1. The SMILES string of the molecule is CNC(C(=O)OC12CC3CC(C1)CC(C(N)C(=O)N1C(C#N)CC4CC41)(C3)C2)c1c[nH]c2ccccc12. The van der Waals surface area contributed by atoms with Crippen LogP contribution in [0.1, 0.15) is 63.0 Å². The molecule has 1 amide bonds. The van der Waals surface area contributed by atoms with Crippen molar-refractivity contribution >= 4 is 22.8 Å². The van der Waals surface area contributed by atoms with Crippen LogP contribution in [0.5, 0.6) is 0 Å². The molecule has 6 aliphatic rings. The third-order valence-corrected chi connectivity index (χ3v) is 10.3. The highest BCUT2D eigenvalue weighted by atomic mass is 16.6. The molecule has 7 unspecified atom stereocenters. The van der Waals surface area contributed by atoms with Gasteiger partial charge in [0.1, 0.15) is 17.7 Å². The first-order chi connectivity index (χ1) is 17.9. The minimum Gasteiger partial charge on any atom is -0.458 e. The van der Waals surface area contributed by atoms with Gasteiger partial charge in [0, 0.05) is 28.7 Å². The molecule has 8 rings (SSSR count). The zero-order chi connectivity index (χ0) is 25.5. The number of carbonyl (C=O) groups is 2. The number of nitrogens with two attached hydrogens (primary N) is 1. The Morgan fingerprint density at radius 3 is 2.68 bits per heavy atom. The highest BCUT2D eigenvalue weighted by Crippen LogP contribution is 2.64. The van der Waals surface area contributed by atoms with E-state index in [0.29, 0.717) is 24.2 Å². The van der Waals surface area contributed by atoms with E-state index in [1.165, 1.54) is 0 Å². The number of rotatable bonds is 6. The number of esters is 1. The second-order valence-electron chi connectivity index (χ2n) is 12.6. The smallest absolute Gasteiger partial charge is 0.328 e. The average Bonchev–Trinajstić information content (AvgIpc) is 3.34. The highest BCUT2D eigenvalue weighted by Gasteiger charge is 2.64. The van der Waals surface area contributed by atoms with Crippen molar-refractivity contribution in [2.24, 2.45) is 28.9 Å². The van der Waals surface area contributed by atoms with E-state index in [2.05, 4.69) is 16.4 Å². The number of amides is 1. The van der Waals surface area contributed by atoms with Crippen molar-refractivity contribution in [3.8, 4) is 6.07 Å². The van der Waals surface area contributed by atoms with Gasteiger partial charge in [-0.1, -0.05) is 18.2 Å². The van der Waals surface area contributed by atoms with Gasteiger partial charge in [0.15, 0.2) is 0 Å². The minimum atomic E-state index is -0.652. The summed E-state index contributed by atoms with van der Waals surface area (Å²) in [5.41, 5.74) is 7.76. The maximum atomic E-state index is 13.8. The number of nitrogens with one attached hydrogen (secondary N) is 2. The summed E-state index contributed by atoms with van der Waals surface area (Å²) in [6, 6.07) is 8.90. The van der Waals surface area contributed by atoms with Crippen LogP contribution >= 0.6 is 0 Å². The van der Waals surface area contributed by atoms with Gasteiger partial charge in [-0.3, -0.25) is 4.79 Å². The Balaban J connectivity index is 1.15. The van der Waals surface area contributed by atoms with Crippen molar-refractivity contribution in [3.05, 3.63) is 36.0 Å². The zero-order valence-electron chi connectivity index (χ0n) is 21.3. The Morgan fingerprint density at radius 2 is 1.95 bits per heavy atom. The van der Waals surface area contributed by atoms with Crippen LogP contribution in [0.25, 0.3) is 10.9 Å². The lowest BCUT2D eigenvalue weighted by Crippen LogP contribution is -2.65. The van der Waals surface area contributed by atoms with Gasteiger partial charge in [-0.05, 0) is 87.6 Å². The fourth-order valence-corrected chi connectivity index (χ4v) is 9.05. The molecule has 1 aliphatic heterocycles. The summed E-state index contributed by atoms with van der Waals surface area (Å²) in [4.78, 5) is 32.5. The second-order valence-corrected chi connectivity index (χ2v) is 12.6. The van der Waals surface area contributed by atoms with Gasteiger partial charge in [-0.2, -0.15) is 5.26 Å². The summed E-state index contributed by atoms with van der Waals surface area (Å²) >= 11 is 0. The fourth-order valence-electron chi connectivity index (χ4n) is 9.05. The Bertz CT molecular complexity index is 1300. The number of nitriles is 1. The maximum Gasteiger partial charge on any atom is 0.328 e. The van der Waals surface area contributed by atoms with E-state index in [-0.39, 0.29) is 29.4 Å². The molecular weight excluding hydrogens is 466 g/mol. The van der Waals surface area contributed by atoms with Gasteiger partial charge in [-0.15, -0.1) is 0 Å². The van der Waals surface area contributed by atoms with Crippen LogP contribution in [-0.2, 0) is 14.3 Å². The number of carbonyl (C=O) groups excluding carboxylic acids is 2. The van der Waals surface area contributed by atoms with Crippen LogP contribution in [0, 0.1) is 34.5 Å². The number of ether oxygens (including phenoxy) is 1. The van der Waals surface area contributed by atoms with Crippen LogP contribution < -0.4 is 11.1 Å². The van der Waals surface area contributed by atoms with Crippen molar-refractivity contribution in [1.82, 2.24) is 15.2 Å². The molecule has 0 spiro atoms. The topological polar surface area (TPSA) is 124 Å². The van der Waals surface area contributed by atoms with Crippen LogP contribution in [0.4, 0.5) is 0 Å². The molecule has 5 saturated carbocycles. The van der Waals surface area contributed by atoms with E-state index in [1.54, 1.807) is 11.9 Å². The summed E-state index contributed by atoms with van der Waals surface area (Å²) < 4.78 is 6.48. The number of fused-ring (bicyclic) bond motifs is 2. The molecule has 2 heterocycles. The number of likely N-dealkylation sites (tertiary alicyclic amines) is 1. The summed E-state index contributed by atoms with van der Waals surface area (Å²) in [5, 5.41) is 13.8.